The van der Waals surface area contributed by atoms with Crippen LogP contribution in [-0.2, 0) is 10.0 Å². The Morgan fingerprint density at radius 2 is 1.81 bits per heavy atom. The van der Waals surface area contributed by atoms with E-state index in [9.17, 15) is 8.42 Å². The standard InChI is InChI=1S/C16H26N2O2S/c1-4-13-6-11-16(12(13)3)18-14-7-9-15(10-8-14)21(19,20)17-5-2/h7-10,12-13,16-18H,4-6,11H2,1-3H3. The molecule has 1 saturated carbocycles. The van der Waals surface area contributed by atoms with E-state index in [0.29, 0.717) is 23.4 Å². The van der Waals surface area contributed by atoms with E-state index in [1.54, 1.807) is 19.1 Å². The van der Waals surface area contributed by atoms with Crippen molar-refractivity contribution < 1.29 is 8.42 Å². The third-order valence-corrected chi connectivity index (χ3v) is 6.16. The lowest BCUT2D eigenvalue weighted by Crippen LogP contribution is -2.25. The van der Waals surface area contributed by atoms with E-state index in [1.807, 2.05) is 12.1 Å². The van der Waals surface area contributed by atoms with Gasteiger partial charge < -0.3 is 5.32 Å². The normalized spacial score (nSPS) is 26.0. The summed E-state index contributed by atoms with van der Waals surface area (Å²) in [6, 6.07) is 7.53. The second-order valence-electron chi connectivity index (χ2n) is 5.88. The van der Waals surface area contributed by atoms with Crippen LogP contribution in [0.2, 0.25) is 0 Å². The quantitative estimate of drug-likeness (QED) is 0.848. The van der Waals surface area contributed by atoms with Crippen LogP contribution in [0.1, 0.15) is 40.0 Å². The predicted octanol–water partition coefficient (Wildman–Crippen LogP) is 3.22. The fourth-order valence-electron chi connectivity index (χ4n) is 3.25. The van der Waals surface area contributed by atoms with Crippen molar-refractivity contribution >= 4 is 15.7 Å². The molecule has 0 radical (unpaired) electrons. The first-order chi connectivity index (χ1) is 9.97. The largest absolute Gasteiger partial charge is 0.382 e. The molecule has 1 fully saturated rings. The minimum Gasteiger partial charge on any atom is -0.382 e. The molecule has 2 N–H and O–H groups in total. The number of nitrogens with one attached hydrogen (secondary N) is 2. The Morgan fingerprint density at radius 3 is 2.33 bits per heavy atom. The summed E-state index contributed by atoms with van der Waals surface area (Å²) >= 11 is 0. The monoisotopic (exact) mass is 310 g/mol. The Balaban J connectivity index is 2.04. The zero-order valence-electron chi connectivity index (χ0n) is 13.1. The van der Waals surface area contributed by atoms with Gasteiger partial charge in [0.15, 0.2) is 0 Å². The summed E-state index contributed by atoms with van der Waals surface area (Å²) in [5, 5.41) is 3.55. The van der Waals surface area contributed by atoms with Crippen LogP contribution in [0.3, 0.4) is 0 Å². The Morgan fingerprint density at radius 1 is 1.14 bits per heavy atom. The molecule has 0 spiro atoms. The molecule has 2 rings (SSSR count). The van der Waals surface area contributed by atoms with E-state index in [-0.39, 0.29) is 0 Å². The van der Waals surface area contributed by atoms with Crippen molar-refractivity contribution in [2.24, 2.45) is 11.8 Å². The molecule has 1 aliphatic carbocycles. The van der Waals surface area contributed by atoms with E-state index in [0.717, 1.165) is 11.6 Å². The van der Waals surface area contributed by atoms with Crippen molar-refractivity contribution in [3.05, 3.63) is 24.3 Å². The molecule has 4 nitrogen and oxygen atoms in total. The van der Waals surface area contributed by atoms with Gasteiger partial charge in [-0.15, -0.1) is 0 Å². The van der Waals surface area contributed by atoms with E-state index < -0.39 is 10.0 Å². The minimum atomic E-state index is -3.36. The molecule has 0 aromatic heterocycles. The van der Waals surface area contributed by atoms with Crippen molar-refractivity contribution in [2.45, 2.75) is 51.0 Å². The summed E-state index contributed by atoms with van der Waals surface area (Å²) in [5.41, 5.74) is 0.999. The molecular weight excluding hydrogens is 284 g/mol. The van der Waals surface area contributed by atoms with Gasteiger partial charge in [0.1, 0.15) is 0 Å². The second kappa shape index (κ2) is 6.79. The highest BCUT2D eigenvalue weighted by Crippen LogP contribution is 2.35. The lowest BCUT2D eigenvalue weighted by molar-refractivity contribution is 0.392. The van der Waals surface area contributed by atoms with Crippen molar-refractivity contribution in [2.75, 3.05) is 11.9 Å². The molecule has 5 heteroatoms. The third kappa shape index (κ3) is 3.77. The molecule has 0 saturated heterocycles. The molecule has 1 aromatic rings. The van der Waals surface area contributed by atoms with Gasteiger partial charge in [0.2, 0.25) is 10.0 Å². The van der Waals surface area contributed by atoms with Gasteiger partial charge in [-0.1, -0.05) is 27.2 Å². The highest BCUT2D eigenvalue weighted by Gasteiger charge is 2.31. The molecule has 0 bridgehead atoms. The molecule has 0 amide bonds. The number of sulfonamides is 1. The Kier molecular flexibility index (Phi) is 5.27. The minimum absolute atomic E-state index is 0.320. The summed E-state index contributed by atoms with van der Waals surface area (Å²) in [5.74, 6) is 1.47. The third-order valence-electron chi connectivity index (χ3n) is 4.60. The van der Waals surface area contributed by atoms with Gasteiger partial charge in [-0.25, -0.2) is 13.1 Å². The zero-order valence-corrected chi connectivity index (χ0v) is 13.9. The molecule has 118 valence electrons. The van der Waals surface area contributed by atoms with Gasteiger partial charge in [0.25, 0.3) is 0 Å². The SMILES string of the molecule is CCNS(=O)(=O)c1ccc(NC2CCC(CC)C2C)cc1. The van der Waals surface area contributed by atoms with Crippen LogP contribution in [0.15, 0.2) is 29.2 Å². The van der Waals surface area contributed by atoms with Crippen LogP contribution in [-0.4, -0.2) is 21.0 Å². The first kappa shape index (κ1) is 16.3. The molecular formula is C16H26N2O2S. The van der Waals surface area contributed by atoms with Gasteiger partial charge >= 0.3 is 0 Å². The van der Waals surface area contributed by atoms with Gasteiger partial charge in [0.05, 0.1) is 4.90 Å². The van der Waals surface area contributed by atoms with Crippen LogP contribution < -0.4 is 10.0 Å². The smallest absolute Gasteiger partial charge is 0.240 e. The first-order valence-corrected chi connectivity index (χ1v) is 9.32. The van der Waals surface area contributed by atoms with E-state index in [4.69, 9.17) is 0 Å². The first-order valence-electron chi connectivity index (χ1n) is 7.84. The Bertz CT molecular complexity index is 554. The second-order valence-corrected chi connectivity index (χ2v) is 7.65. The Labute approximate surface area is 128 Å². The summed E-state index contributed by atoms with van der Waals surface area (Å²) in [7, 11) is -3.36. The van der Waals surface area contributed by atoms with Crippen LogP contribution in [0.4, 0.5) is 5.69 Å². The molecule has 0 aliphatic heterocycles. The van der Waals surface area contributed by atoms with Crippen LogP contribution >= 0.6 is 0 Å². The highest BCUT2D eigenvalue weighted by atomic mass is 32.2. The lowest BCUT2D eigenvalue weighted by atomic mass is 9.93. The molecule has 21 heavy (non-hydrogen) atoms. The maximum Gasteiger partial charge on any atom is 0.240 e. The van der Waals surface area contributed by atoms with Crippen molar-refractivity contribution in [1.29, 1.82) is 0 Å². The van der Waals surface area contributed by atoms with Gasteiger partial charge in [-0.3, -0.25) is 0 Å². The van der Waals surface area contributed by atoms with Gasteiger partial charge in [-0.2, -0.15) is 0 Å². The van der Waals surface area contributed by atoms with Crippen LogP contribution in [0.5, 0.6) is 0 Å². The molecule has 1 aromatic carbocycles. The number of hydrogen-bond acceptors (Lipinski definition) is 3. The topological polar surface area (TPSA) is 58.2 Å². The Hall–Kier alpha value is -1.07. The summed E-state index contributed by atoms with van der Waals surface area (Å²) in [4.78, 5) is 0.320. The molecule has 3 atom stereocenters. The van der Waals surface area contributed by atoms with E-state index in [2.05, 4.69) is 23.9 Å². The number of anilines is 1. The van der Waals surface area contributed by atoms with Crippen molar-refractivity contribution in [3.63, 3.8) is 0 Å². The summed E-state index contributed by atoms with van der Waals surface area (Å²) in [6.45, 7) is 6.74. The van der Waals surface area contributed by atoms with Crippen LogP contribution in [0, 0.1) is 11.8 Å². The fraction of sp³-hybridized carbons (Fsp3) is 0.625. The molecule has 3 unspecified atom stereocenters. The molecule has 0 heterocycles. The highest BCUT2D eigenvalue weighted by molar-refractivity contribution is 7.89. The number of rotatable bonds is 6. The average Bonchev–Trinajstić information content (AvgIpc) is 2.80. The van der Waals surface area contributed by atoms with Crippen LogP contribution in [0.25, 0.3) is 0 Å². The maximum atomic E-state index is 11.9. The van der Waals surface area contributed by atoms with Gasteiger partial charge in [-0.05, 0) is 48.9 Å². The average molecular weight is 310 g/mol. The summed E-state index contributed by atoms with van der Waals surface area (Å²) < 4.78 is 26.3. The maximum absolute atomic E-state index is 11.9. The fourth-order valence-corrected chi connectivity index (χ4v) is 4.29. The zero-order chi connectivity index (χ0) is 15.5. The number of benzene rings is 1. The predicted molar refractivity (Wildman–Crippen MR) is 86.9 cm³/mol. The van der Waals surface area contributed by atoms with Gasteiger partial charge in [0, 0.05) is 18.3 Å². The molecule has 1 aliphatic rings. The van der Waals surface area contributed by atoms with Crippen molar-refractivity contribution in [1.82, 2.24) is 4.72 Å². The number of hydrogen-bond donors (Lipinski definition) is 2. The summed E-state index contributed by atoms with van der Waals surface area (Å²) in [6.07, 6.45) is 3.71. The van der Waals surface area contributed by atoms with E-state index >= 15 is 0 Å². The lowest BCUT2D eigenvalue weighted by Gasteiger charge is -2.22. The van der Waals surface area contributed by atoms with Crippen molar-refractivity contribution in [3.8, 4) is 0 Å². The van der Waals surface area contributed by atoms with E-state index in [1.165, 1.54) is 19.3 Å².